The summed E-state index contributed by atoms with van der Waals surface area (Å²) in [6.07, 6.45) is 0. The quantitative estimate of drug-likeness (QED) is 0.355. The standard InChI is InChI=1S/C24H21FN2O3S3/c1-16-8-10-19(11-9-16)27(2)33(29,30)23-21(17-5-3-6-18(25)13-17)15-32-22(23)24(28)26-14-20-7-4-12-31-20/h3-13,15H,14H2,1-2H3,(H,26,28). The molecule has 0 spiro atoms. The van der Waals surface area contributed by atoms with Crippen molar-refractivity contribution in [3.05, 3.63) is 92.6 Å². The Kier molecular flexibility index (Phi) is 6.64. The molecular formula is C24H21FN2O3S3. The molecule has 0 saturated carbocycles. The normalized spacial score (nSPS) is 11.4. The molecule has 4 aromatic rings. The van der Waals surface area contributed by atoms with Gasteiger partial charge in [0.1, 0.15) is 15.6 Å². The fourth-order valence-electron chi connectivity index (χ4n) is 3.31. The van der Waals surface area contributed by atoms with E-state index in [4.69, 9.17) is 0 Å². The van der Waals surface area contributed by atoms with Crippen LogP contribution in [0.2, 0.25) is 0 Å². The third-order valence-corrected chi connectivity index (χ3v) is 8.96. The maximum atomic E-state index is 14.0. The summed E-state index contributed by atoms with van der Waals surface area (Å²) >= 11 is 2.52. The number of hydrogen-bond acceptors (Lipinski definition) is 5. The Hall–Kier alpha value is -3.01. The van der Waals surface area contributed by atoms with Crippen LogP contribution < -0.4 is 9.62 Å². The van der Waals surface area contributed by atoms with E-state index >= 15 is 0 Å². The van der Waals surface area contributed by atoms with Crippen LogP contribution in [-0.2, 0) is 16.6 Å². The molecule has 33 heavy (non-hydrogen) atoms. The Balaban J connectivity index is 1.79. The van der Waals surface area contributed by atoms with Crippen LogP contribution in [0.5, 0.6) is 0 Å². The Bertz CT molecular complexity index is 1380. The molecule has 170 valence electrons. The summed E-state index contributed by atoms with van der Waals surface area (Å²) in [5, 5.41) is 6.29. The molecule has 1 amide bonds. The van der Waals surface area contributed by atoms with Gasteiger partial charge >= 0.3 is 0 Å². The van der Waals surface area contributed by atoms with Gasteiger partial charge in [-0.3, -0.25) is 9.10 Å². The molecule has 0 aliphatic rings. The SMILES string of the molecule is Cc1ccc(N(C)S(=O)(=O)c2c(-c3cccc(F)c3)csc2C(=O)NCc2cccs2)cc1. The first kappa shape index (κ1) is 23.2. The van der Waals surface area contributed by atoms with E-state index in [0.29, 0.717) is 16.8 Å². The third kappa shape index (κ3) is 4.85. The molecule has 0 atom stereocenters. The van der Waals surface area contributed by atoms with Crippen LogP contribution in [0, 0.1) is 12.7 Å². The predicted molar refractivity (Wildman–Crippen MR) is 132 cm³/mol. The monoisotopic (exact) mass is 500 g/mol. The number of hydrogen-bond donors (Lipinski definition) is 1. The highest BCUT2D eigenvalue weighted by molar-refractivity contribution is 7.93. The van der Waals surface area contributed by atoms with Gasteiger partial charge in [-0.2, -0.15) is 0 Å². The molecule has 2 aromatic carbocycles. The fraction of sp³-hybridized carbons (Fsp3) is 0.125. The number of amides is 1. The molecular weight excluding hydrogens is 479 g/mol. The van der Waals surface area contributed by atoms with E-state index < -0.39 is 21.7 Å². The highest BCUT2D eigenvalue weighted by Crippen LogP contribution is 2.38. The maximum absolute atomic E-state index is 14.0. The summed E-state index contributed by atoms with van der Waals surface area (Å²) in [4.78, 5) is 13.9. The molecule has 9 heteroatoms. The average Bonchev–Trinajstić information content (AvgIpc) is 3.48. The number of sulfonamides is 1. The van der Waals surface area contributed by atoms with Crippen LogP contribution >= 0.6 is 22.7 Å². The Morgan fingerprint density at radius 3 is 2.48 bits per heavy atom. The van der Waals surface area contributed by atoms with Gasteiger partial charge in [-0.05, 0) is 48.2 Å². The first-order valence-electron chi connectivity index (χ1n) is 10.0. The Morgan fingerprint density at radius 2 is 1.82 bits per heavy atom. The molecule has 1 N–H and O–H groups in total. The zero-order valence-corrected chi connectivity index (χ0v) is 20.4. The number of thiophene rings is 2. The highest BCUT2D eigenvalue weighted by atomic mass is 32.2. The zero-order valence-electron chi connectivity index (χ0n) is 17.9. The number of benzene rings is 2. The summed E-state index contributed by atoms with van der Waals surface area (Å²) in [7, 11) is -2.69. The molecule has 4 rings (SSSR count). The van der Waals surface area contributed by atoms with E-state index in [1.165, 1.54) is 36.6 Å². The van der Waals surface area contributed by atoms with Crippen molar-refractivity contribution in [3.63, 3.8) is 0 Å². The zero-order chi connectivity index (χ0) is 23.6. The van der Waals surface area contributed by atoms with E-state index in [0.717, 1.165) is 26.1 Å². The lowest BCUT2D eigenvalue weighted by atomic mass is 10.1. The number of rotatable bonds is 7. The largest absolute Gasteiger partial charge is 0.346 e. The maximum Gasteiger partial charge on any atom is 0.266 e. The van der Waals surface area contributed by atoms with Gasteiger partial charge < -0.3 is 5.32 Å². The second kappa shape index (κ2) is 9.46. The Morgan fingerprint density at radius 1 is 1.06 bits per heavy atom. The highest BCUT2D eigenvalue weighted by Gasteiger charge is 2.32. The van der Waals surface area contributed by atoms with Gasteiger partial charge in [-0.1, -0.05) is 35.9 Å². The van der Waals surface area contributed by atoms with Crippen LogP contribution in [0.25, 0.3) is 11.1 Å². The fourth-order valence-corrected chi connectivity index (χ4v) is 6.83. The van der Waals surface area contributed by atoms with Crippen molar-refractivity contribution in [2.75, 3.05) is 11.4 Å². The minimum atomic E-state index is -4.14. The first-order chi connectivity index (χ1) is 15.8. The van der Waals surface area contributed by atoms with Gasteiger partial charge in [0, 0.05) is 22.9 Å². The average molecular weight is 501 g/mol. The molecule has 0 aliphatic heterocycles. The lowest BCUT2D eigenvalue weighted by molar-refractivity contribution is 0.0952. The van der Waals surface area contributed by atoms with Crippen molar-refractivity contribution in [1.82, 2.24) is 5.32 Å². The summed E-state index contributed by atoms with van der Waals surface area (Å²) < 4.78 is 42.7. The van der Waals surface area contributed by atoms with Crippen molar-refractivity contribution in [2.24, 2.45) is 0 Å². The number of carbonyl (C=O) groups is 1. The second-order valence-corrected chi connectivity index (χ2v) is 11.2. The minimum Gasteiger partial charge on any atom is -0.346 e. The van der Waals surface area contributed by atoms with Crippen molar-refractivity contribution in [2.45, 2.75) is 18.4 Å². The predicted octanol–water partition coefficient (Wildman–Crippen LogP) is 5.68. The third-order valence-electron chi connectivity index (χ3n) is 5.11. The molecule has 0 saturated heterocycles. The summed E-state index contributed by atoms with van der Waals surface area (Å²) in [5.74, 6) is -0.982. The van der Waals surface area contributed by atoms with Gasteiger partial charge in [0.05, 0.1) is 12.2 Å². The van der Waals surface area contributed by atoms with E-state index in [1.54, 1.807) is 23.6 Å². The van der Waals surface area contributed by atoms with Crippen molar-refractivity contribution < 1.29 is 17.6 Å². The van der Waals surface area contributed by atoms with Crippen LogP contribution in [0.1, 0.15) is 20.1 Å². The van der Waals surface area contributed by atoms with Crippen molar-refractivity contribution >= 4 is 44.3 Å². The summed E-state index contributed by atoms with van der Waals surface area (Å²) in [6.45, 7) is 2.20. The topological polar surface area (TPSA) is 66.5 Å². The molecule has 0 radical (unpaired) electrons. The smallest absolute Gasteiger partial charge is 0.266 e. The first-order valence-corrected chi connectivity index (χ1v) is 13.2. The van der Waals surface area contributed by atoms with E-state index in [1.807, 2.05) is 36.6 Å². The molecule has 0 bridgehead atoms. The Labute approximate surface area is 200 Å². The summed E-state index contributed by atoms with van der Waals surface area (Å²) in [6, 6.07) is 16.5. The van der Waals surface area contributed by atoms with Gasteiger partial charge in [0.2, 0.25) is 0 Å². The lowest BCUT2D eigenvalue weighted by Crippen LogP contribution is -2.30. The second-order valence-electron chi connectivity index (χ2n) is 7.39. The molecule has 0 fully saturated rings. The lowest BCUT2D eigenvalue weighted by Gasteiger charge is -2.21. The molecule has 2 heterocycles. The number of nitrogens with one attached hydrogen (secondary N) is 1. The van der Waals surface area contributed by atoms with Crippen LogP contribution in [0.4, 0.5) is 10.1 Å². The number of aryl methyl sites for hydroxylation is 1. The van der Waals surface area contributed by atoms with Gasteiger partial charge in [0.25, 0.3) is 15.9 Å². The number of halogens is 1. The number of nitrogens with zero attached hydrogens (tertiary/aromatic N) is 1. The minimum absolute atomic E-state index is 0.0600. The molecule has 0 aliphatic carbocycles. The van der Waals surface area contributed by atoms with Crippen molar-refractivity contribution in [1.29, 1.82) is 0 Å². The van der Waals surface area contributed by atoms with Gasteiger partial charge in [-0.15, -0.1) is 22.7 Å². The van der Waals surface area contributed by atoms with Gasteiger partial charge in [0.15, 0.2) is 0 Å². The molecule has 0 unspecified atom stereocenters. The van der Waals surface area contributed by atoms with Crippen LogP contribution in [0.3, 0.4) is 0 Å². The van der Waals surface area contributed by atoms with Crippen molar-refractivity contribution in [3.8, 4) is 11.1 Å². The van der Waals surface area contributed by atoms with Gasteiger partial charge in [-0.25, -0.2) is 12.8 Å². The summed E-state index contributed by atoms with van der Waals surface area (Å²) in [5.41, 5.74) is 2.13. The van der Waals surface area contributed by atoms with E-state index in [-0.39, 0.29) is 16.3 Å². The number of anilines is 1. The molecule has 2 aromatic heterocycles. The van der Waals surface area contributed by atoms with Crippen LogP contribution in [0.15, 0.2) is 76.3 Å². The molecule has 5 nitrogen and oxygen atoms in total. The van der Waals surface area contributed by atoms with E-state index in [9.17, 15) is 17.6 Å². The van der Waals surface area contributed by atoms with E-state index in [2.05, 4.69) is 5.32 Å². The number of carbonyl (C=O) groups excluding carboxylic acids is 1. The van der Waals surface area contributed by atoms with Crippen LogP contribution in [-0.4, -0.2) is 21.4 Å².